The average molecular weight is 329 g/mol. The minimum absolute atomic E-state index is 0.0171. The van der Waals surface area contributed by atoms with Crippen molar-refractivity contribution in [3.05, 3.63) is 58.1 Å². The molecule has 0 aliphatic rings. The van der Waals surface area contributed by atoms with Crippen LogP contribution in [0, 0.1) is 11.3 Å². The third-order valence-electron chi connectivity index (χ3n) is 3.11. The van der Waals surface area contributed by atoms with Crippen molar-refractivity contribution in [3.8, 4) is 6.07 Å². The molecule has 0 aromatic heterocycles. The van der Waals surface area contributed by atoms with E-state index in [9.17, 15) is 4.79 Å². The molecule has 0 fully saturated rings. The lowest BCUT2D eigenvalue weighted by Crippen LogP contribution is -2.11. The van der Waals surface area contributed by atoms with Gasteiger partial charge in [-0.25, -0.2) is 0 Å². The van der Waals surface area contributed by atoms with Gasteiger partial charge in [0.05, 0.1) is 11.3 Å². The van der Waals surface area contributed by atoms with E-state index in [1.54, 1.807) is 12.1 Å². The molecule has 2 rings (SSSR count). The summed E-state index contributed by atoms with van der Waals surface area (Å²) in [4.78, 5) is 13.4. The van der Waals surface area contributed by atoms with Gasteiger partial charge in [0, 0.05) is 22.8 Å². The molecule has 0 unspecified atom stereocenters. The van der Waals surface area contributed by atoms with Crippen molar-refractivity contribution in [3.63, 3.8) is 0 Å². The number of carbonyl (C=O) groups excluding carboxylic acids is 1. The predicted molar refractivity (Wildman–Crippen MR) is 83.4 cm³/mol. The number of carbonyl (C=O) groups is 1. The Morgan fingerprint density at radius 1 is 1.25 bits per heavy atom. The first-order valence-corrected chi connectivity index (χ1v) is 6.87. The number of rotatable bonds is 3. The fraction of sp³-hybridized carbons (Fsp3) is 0.125. The van der Waals surface area contributed by atoms with Crippen LogP contribution in [-0.4, -0.2) is 12.8 Å². The molecule has 0 bridgehead atoms. The van der Waals surface area contributed by atoms with Crippen molar-refractivity contribution in [2.75, 3.05) is 11.9 Å². The van der Waals surface area contributed by atoms with E-state index < -0.39 is 0 Å². The Kier molecular flexibility index (Phi) is 4.21. The van der Waals surface area contributed by atoms with Crippen molar-refractivity contribution in [1.82, 2.24) is 0 Å². The van der Waals surface area contributed by atoms with Crippen molar-refractivity contribution >= 4 is 33.1 Å². The summed E-state index contributed by atoms with van der Waals surface area (Å²) in [5.41, 5.74) is 3.00. The zero-order valence-electron chi connectivity index (χ0n) is 11.2. The summed E-state index contributed by atoms with van der Waals surface area (Å²) in [7, 11) is 1.89. The maximum atomic E-state index is 11.4. The molecule has 0 atom stereocenters. The van der Waals surface area contributed by atoms with Crippen LogP contribution < -0.4 is 4.90 Å². The Morgan fingerprint density at radius 2 is 1.95 bits per heavy atom. The lowest BCUT2D eigenvalue weighted by Gasteiger charge is -2.21. The summed E-state index contributed by atoms with van der Waals surface area (Å²) in [5, 5.41) is 9.16. The first kappa shape index (κ1) is 14.3. The number of nitrogens with zero attached hydrogens (tertiary/aromatic N) is 2. The third kappa shape index (κ3) is 2.73. The van der Waals surface area contributed by atoms with Gasteiger partial charge in [-0.2, -0.15) is 5.26 Å². The first-order valence-electron chi connectivity index (χ1n) is 6.08. The van der Waals surface area contributed by atoms with Gasteiger partial charge >= 0.3 is 0 Å². The minimum atomic E-state index is 0.0171. The summed E-state index contributed by atoms with van der Waals surface area (Å²) in [6.07, 6.45) is 0. The maximum absolute atomic E-state index is 11.4. The standard InChI is InChI=1S/C16H13BrN2O/c1-11(20)14-8-7-13(9-15(14)17)19(2)16-6-4-3-5-12(16)10-18/h3-9H,1-2H3. The van der Waals surface area contributed by atoms with Crippen LogP contribution in [0.4, 0.5) is 11.4 Å². The molecule has 4 heteroatoms. The second-order valence-corrected chi connectivity index (χ2v) is 5.26. The number of Topliss-reactive ketones (excluding diaryl/α,β-unsaturated/α-hetero) is 1. The van der Waals surface area contributed by atoms with E-state index in [2.05, 4.69) is 22.0 Å². The van der Waals surface area contributed by atoms with Crippen LogP contribution in [0.3, 0.4) is 0 Å². The molecule has 100 valence electrons. The topological polar surface area (TPSA) is 44.1 Å². The Balaban J connectivity index is 2.44. The minimum Gasteiger partial charge on any atom is -0.344 e. The summed E-state index contributed by atoms with van der Waals surface area (Å²) in [5.74, 6) is 0.0171. The van der Waals surface area contributed by atoms with Gasteiger partial charge in [0.25, 0.3) is 0 Å². The van der Waals surface area contributed by atoms with E-state index in [0.717, 1.165) is 15.8 Å². The van der Waals surface area contributed by atoms with Gasteiger partial charge in [-0.1, -0.05) is 12.1 Å². The van der Waals surface area contributed by atoms with Gasteiger partial charge < -0.3 is 4.90 Å². The SMILES string of the molecule is CC(=O)c1ccc(N(C)c2ccccc2C#N)cc1Br. The highest BCUT2D eigenvalue weighted by atomic mass is 79.9. The highest BCUT2D eigenvalue weighted by Gasteiger charge is 2.11. The highest BCUT2D eigenvalue weighted by Crippen LogP contribution is 2.30. The second-order valence-electron chi connectivity index (χ2n) is 4.41. The van der Waals surface area contributed by atoms with E-state index in [1.807, 2.05) is 42.3 Å². The molecule has 2 aromatic carbocycles. The molecule has 0 heterocycles. The van der Waals surface area contributed by atoms with Crippen LogP contribution >= 0.6 is 15.9 Å². The molecule has 0 radical (unpaired) electrons. The number of hydrogen-bond donors (Lipinski definition) is 0. The van der Waals surface area contributed by atoms with Crippen molar-refractivity contribution in [2.24, 2.45) is 0 Å². The number of halogens is 1. The molecular formula is C16H13BrN2O. The highest BCUT2D eigenvalue weighted by molar-refractivity contribution is 9.10. The quantitative estimate of drug-likeness (QED) is 0.789. The predicted octanol–water partition coefficient (Wildman–Crippen LogP) is 4.29. The average Bonchev–Trinajstić information content (AvgIpc) is 2.45. The van der Waals surface area contributed by atoms with Crippen LogP contribution in [0.1, 0.15) is 22.8 Å². The number of anilines is 2. The van der Waals surface area contributed by atoms with Crippen LogP contribution in [0.5, 0.6) is 0 Å². The van der Waals surface area contributed by atoms with Crippen LogP contribution in [0.15, 0.2) is 46.9 Å². The lowest BCUT2D eigenvalue weighted by atomic mass is 10.1. The molecule has 0 aliphatic carbocycles. The normalized spacial score (nSPS) is 9.90. The van der Waals surface area contributed by atoms with E-state index in [4.69, 9.17) is 5.26 Å². The largest absolute Gasteiger partial charge is 0.344 e. The summed E-state index contributed by atoms with van der Waals surface area (Å²) < 4.78 is 0.754. The monoisotopic (exact) mass is 328 g/mol. The van der Waals surface area contributed by atoms with Gasteiger partial charge in [-0.3, -0.25) is 4.79 Å². The summed E-state index contributed by atoms with van der Waals surface area (Å²) in [6, 6.07) is 15.1. The second kappa shape index (κ2) is 5.89. The number of para-hydroxylation sites is 1. The first-order chi connectivity index (χ1) is 9.54. The molecule has 2 aromatic rings. The smallest absolute Gasteiger partial charge is 0.160 e. The summed E-state index contributed by atoms with van der Waals surface area (Å²) in [6.45, 7) is 1.54. The zero-order valence-corrected chi connectivity index (χ0v) is 12.8. The number of hydrogen-bond acceptors (Lipinski definition) is 3. The Bertz CT molecular complexity index is 704. The van der Waals surface area contributed by atoms with Crippen molar-refractivity contribution < 1.29 is 4.79 Å². The molecule has 0 saturated carbocycles. The van der Waals surface area contributed by atoms with Crippen molar-refractivity contribution in [2.45, 2.75) is 6.92 Å². The van der Waals surface area contributed by atoms with Crippen LogP contribution in [0.2, 0.25) is 0 Å². The van der Waals surface area contributed by atoms with E-state index in [0.29, 0.717) is 11.1 Å². The number of nitriles is 1. The molecule has 0 amide bonds. The molecule has 0 N–H and O–H groups in total. The maximum Gasteiger partial charge on any atom is 0.160 e. The van der Waals surface area contributed by atoms with Gasteiger partial charge in [-0.15, -0.1) is 0 Å². The zero-order chi connectivity index (χ0) is 14.7. The molecule has 0 spiro atoms. The fourth-order valence-electron chi connectivity index (χ4n) is 2.00. The Morgan fingerprint density at radius 3 is 2.55 bits per heavy atom. The van der Waals surface area contributed by atoms with Crippen molar-refractivity contribution in [1.29, 1.82) is 5.26 Å². The fourth-order valence-corrected chi connectivity index (χ4v) is 2.64. The van der Waals surface area contributed by atoms with E-state index in [1.165, 1.54) is 6.92 Å². The Labute approximate surface area is 126 Å². The molecular weight excluding hydrogens is 316 g/mol. The van der Waals surface area contributed by atoms with Crippen LogP contribution in [0.25, 0.3) is 0 Å². The van der Waals surface area contributed by atoms with E-state index >= 15 is 0 Å². The van der Waals surface area contributed by atoms with E-state index in [-0.39, 0.29) is 5.78 Å². The number of ketones is 1. The van der Waals surface area contributed by atoms with Gasteiger partial charge in [0.2, 0.25) is 0 Å². The molecule has 0 aliphatic heterocycles. The van der Waals surface area contributed by atoms with Gasteiger partial charge in [0.15, 0.2) is 5.78 Å². The molecule has 3 nitrogen and oxygen atoms in total. The molecule has 0 saturated heterocycles. The molecule has 20 heavy (non-hydrogen) atoms. The van der Waals surface area contributed by atoms with Gasteiger partial charge in [0.1, 0.15) is 6.07 Å². The number of benzene rings is 2. The third-order valence-corrected chi connectivity index (χ3v) is 3.76. The Hall–Kier alpha value is -2.12. The van der Waals surface area contributed by atoms with Crippen LogP contribution in [-0.2, 0) is 0 Å². The lowest BCUT2D eigenvalue weighted by molar-refractivity contribution is 0.101. The summed E-state index contributed by atoms with van der Waals surface area (Å²) >= 11 is 3.41. The van der Waals surface area contributed by atoms with Gasteiger partial charge in [-0.05, 0) is 53.2 Å².